The highest BCUT2D eigenvalue weighted by Gasteiger charge is 2.37. The molecule has 2 aliphatic rings. The van der Waals surface area contributed by atoms with E-state index in [-0.39, 0.29) is 24.0 Å². The van der Waals surface area contributed by atoms with Gasteiger partial charge in [-0.05, 0) is 80.7 Å². The van der Waals surface area contributed by atoms with Gasteiger partial charge in [-0.15, -0.1) is 0 Å². The average molecular weight is 672 g/mol. The summed E-state index contributed by atoms with van der Waals surface area (Å²) < 4.78 is 16.8. The fraction of sp³-hybridized carbons (Fsp3) is 0.368. The van der Waals surface area contributed by atoms with Gasteiger partial charge in [-0.3, -0.25) is 19.3 Å². The van der Waals surface area contributed by atoms with E-state index in [0.717, 1.165) is 23.8 Å². The number of imide groups is 1. The number of carbonyl (C=O) groups is 4. The number of esters is 1. The first-order valence-corrected chi connectivity index (χ1v) is 12.1. The molecule has 31 heavy (non-hydrogen) atoms. The third kappa shape index (κ3) is 6.10. The molecule has 1 aromatic rings. The first-order valence-electron chi connectivity index (χ1n) is 9.09. The van der Waals surface area contributed by atoms with Crippen LogP contribution in [0, 0.1) is 7.14 Å². The van der Waals surface area contributed by atoms with Gasteiger partial charge in [0.25, 0.3) is 11.1 Å². The Morgan fingerprint density at radius 3 is 2.45 bits per heavy atom. The third-order valence-corrected chi connectivity index (χ3v) is 6.92. The second-order valence-corrected chi connectivity index (χ2v) is 9.76. The van der Waals surface area contributed by atoms with E-state index in [1.807, 2.05) is 0 Å². The number of amides is 3. The molecule has 0 spiro atoms. The number of morpholine rings is 1. The zero-order valence-electron chi connectivity index (χ0n) is 16.4. The number of hydrogen-bond donors (Lipinski definition) is 0. The number of nitrogens with zero attached hydrogens (tertiary/aromatic N) is 2. The first-order chi connectivity index (χ1) is 14.8. The van der Waals surface area contributed by atoms with Crippen LogP contribution in [-0.2, 0) is 23.9 Å². The molecule has 0 N–H and O–H groups in total. The fourth-order valence-electron chi connectivity index (χ4n) is 2.83. The van der Waals surface area contributed by atoms with Gasteiger partial charge in [-0.1, -0.05) is 0 Å². The molecule has 12 heteroatoms. The minimum Gasteiger partial charge on any atom is -0.480 e. The van der Waals surface area contributed by atoms with E-state index < -0.39 is 17.1 Å². The summed E-state index contributed by atoms with van der Waals surface area (Å²) >= 11 is 4.95. The Hall–Kier alpha value is -1.39. The van der Waals surface area contributed by atoms with E-state index in [9.17, 15) is 19.2 Å². The van der Waals surface area contributed by atoms with Gasteiger partial charge >= 0.3 is 5.97 Å². The standard InChI is InChI=1S/C19H18I2N2O7S/c1-28-16(25)10-30-17-12(20)6-11(7-13(17)21)8-14-18(26)23(19(27)31-14)9-15(24)22-2-4-29-5-3-22/h6-8H,2-5,9-10H2,1H3/b14-8+. The van der Waals surface area contributed by atoms with Crippen molar-refractivity contribution in [1.29, 1.82) is 0 Å². The molecule has 2 aliphatic heterocycles. The topological polar surface area (TPSA) is 102 Å². The molecule has 0 atom stereocenters. The summed E-state index contributed by atoms with van der Waals surface area (Å²) in [7, 11) is 1.28. The Morgan fingerprint density at radius 1 is 1.19 bits per heavy atom. The van der Waals surface area contributed by atoms with Crippen LogP contribution in [-0.4, -0.2) is 79.4 Å². The number of rotatable bonds is 6. The molecule has 0 bridgehead atoms. The molecule has 0 radical (unpaired) electrons. The smallest absolute Gasteiger partial charge is 0.343 e. The van der Waals surface area contributed by atoms with Crippen LogP contribution in [0.2, 0.25) is 0 Å². The number of methoxy groups -OCH3 is 1. The van der Waals surface area contributed by atoms with Crippen molar-refractivity contribution in [2.75, 3.05) is 46.6 Å². The third-order valence-electron chi connectivity index (χ3n) is 4.41. The van der Waals surface area contributed by atoms with Crippen molar-refractivity contribution in [3.63, 3.8) is 0 Å². The van der Waals surface area contributed by atoms with Gasteiger partial charge < -0.3 is 19.1 Å². The largest absolute Gasteiger partial charge is 0.480 e. The van der Waals surface area contributed by atoms with Crippen LogP contribution in [0.3, 0.4) is 0 Å². The van der Waals surface area contributed by atoms with Crippen molar-refractivity contribution in [3.05, 3.63) is 29.7 Å². The molecule has 1 aromatic carbocycles. The van der Waals surface area contributed by atoms with E-state index in [1.54, 1.807) is 23.1 Å². The number of thioether (sulfide) groups is 1. The zero-order valence-corrected chi connectivity index (χ0v) is 21.5. The number of ether oxygens (including phenoxy) is 3. The molecular weight excluding hydrogens is 654 g/mol. The van der Waals surface area contributed by atoms with Crippen molar-refractivity contribution < 1.29 is 33.4 Å². The summed E-state index contributed by atoms with van der Waals surface area (Å²) in [6.45, 7) is 1.31. The van der Waals surface area contributed by atoms with Gasteiger partial charge in [0.2, 0.25) is 5.91 Å². The van der Waals surface area contributed by atoms with Crippen LogP contribution in [0.5, 0.6) is 5.75 Å². The van der Waals surface area contributed by atoms with Crippen LogP contribution >= 0.6 is 56.9 Å². The molecule has 0 aromatic heterocycles. The minimum absolute atomic E-state index is 0.210. The Labute approximate surface area is 210 Å². The highest BCUT2D eigenvalue weighted by molar-refractivity contribution is 14.1. The molecule has 0 saturated carbocycles. The lowest BCUT2D eigenvalue weighted by molar-refractivity contribution is -0.143. The lowest BCUT2D eigenvalue weighted by Crippen LogP contribution is -2.46. The van der Waals surface area contributed by atoms with Gasteiger partial charge in [-0.2, -0.15) is 0 Å². The van der Waals surface area contributed by atoms with Crippen molar-refractivity contribution in [2.24, 2.45) is 0 Å². The van der Waals surface area contributed by atoms with Crippen LogP contribution in [0.1, 0.15) is 5.56 Å². The van der Waals surface area contributed by atoms with E-state index >= 15 is 0 Å². The van der Waals surface area contributed by atoms with E-state index in [2.05, 4.69) is 49.9 Å². The maximum atomic E-state index is 12.7. The molecule has 2 fully saturated rings. The van der Waals surface area contributed by atoms with Crippen molar-refractivity contribution in [2.45, 2.75) is 0 Å². The summed E-state index contributed by atoms with van der Waals surface area (Å²) in [5, 5.41) is -0.472. The molecule has 166 valence electrons. The average Bonchev–Trinajstić information content (AvgIpc) is 3.00. The highest BCUT2D eigenvalue weighted by Crippen LogP contribution is 2.34. The van der Waals surface area contributed by atoms with Gasteiger partial charge in [0, 0.05) is 13.1 Å². The number of benzene rings is 1. The summed E-state index contributed by atoms with van der Waals surface area (Å²) in [6.07, 6.45) is 1.61. The normalized spacial score (nSPS) is 18.0. The first kappa shape index (κ1) is 24.3. The quantitative estimate of drug-likeness (QED) is 0.258. The maximum Gasteiger partial charge on any atom is 0.343 e. The lowest BCUT2D eigenvalue weighted by Gasteiger charge is -2.28. The highest BCUT2D eigenvalue weighted by atomic mass is 127. The van der Waals surface area contributed by atoms with Gasteiger partial charge in [0.1, 0.15) is 12.3 Å². The lowest BCUT2D eigenvalue weighted by atomic mass is 10.2. The van der Waals surface area contributed by atoms with Crippen LogP contribution in [0.4, 0.5) is 4.79 Å². The van der Waals surface area contributed by atoms with Crippen LogP contribution in [0.25, 0.3) is 6.08 Å². The van der Waals surface area contributed by atoms with Crippen molar-refractivity contribution in [1.82, 2.24) is 9.80 Å². The zero-order chi connectivity index (χ0) is 22.5. The molecule has 0 aliphatic carbocycles. The Balaban J connectivity index is 1.71. The second kappa shape index (κ2) is 11.0. The predicted molar refractivity (Wildman–Crippen MR) is 129 cm³/mol. The molecule has 3 amide bonds. The minimum atomic E-state index is -0.493. The van der Waals surface area contributed by atoms with E-state index in [4.69, 9.17) is 9.47 Å². The summed E-state index contributed by atoms with van der Waals surface area (Å²) in [4.78, 5) is 51.6. The maximum absolute atomic E-state index is 12.7. The van der Waals surface area contributed by atoms with Gasteiger partial charge in [0.15, 0.2) is 6.61 Å². The molecule has 0 unspecified atom stereocenters. The molecule has 3 rings (SSSR count). The summed E-state index contributed by atoms with van der Waals surface area (Å²) in [5.74, 6) is -0.723. The molecule has 2 heterocycles. The summed E-state index contributed by atoms with van der Waals surface area (Å²) in [5.41, 5.74) is 0.698. The Kier molecular flexibility index (Phi) is 8.58. The van der Waals surface area contributed by atoms with Crippen LogP contribution < -0.4 is 4.74 Å². The number of halogens is 2. The monoisotopic (exact) mass is 672 g/mol. The summed E-state index contributed by atoms with van der Waals surface area (Å²) in [6, 6.07) is 3.56. The molecule has 2 saturated heterocycles. The fourth-order valence-corrected chi connectivity index (χ4v) is 5.79. The predicted octanol–water partition coefficient (Wildman–Crippen LogP) is 2.34. The molecule has 9 nitrogen and oxygen atoms in total. The Bertz CT molecular complexity index is 924. The second-order valence-electron chi connectivity index (χ2n) is 6.44. The molecular formula is C19H18I2N2O7S. The number of carbonyl (C=O) groups excluding carboxylic acids is 4. The SMILES string of the molecule is COC(=O)COc1c(I)cc(/C=C2/SC(=O)N(CC(=O)N3CCOCC3)C2=O)cc1I. The van der Waals surface area contributed by atoms with Crippen LogP contribution in [0.15, 0.2) is 17.0 Å². The van der Waals surface area contributed by atoms with Crippen molar-refractivity contribution >= 4 is 86.0 Å². The number of hydrogen-bond acceptors (Lipinski definition) is 8. The van der Waals surface area contributed by atoms with E-state index in [1.165, 1.54) is 7.11 Å². The Morgan fingerprint density at radius 2 is 1.84 bits per heavy atom. The van der Waals surface area contributed by atoms with E-state index in [0.29, 0.717) is 37.6 Å². The van der Waals surface area contributed by atoms with Gasteiger partial charge in [0.05, 0.1) is 32.4 Å². The van der Waals surface area contributed by atoms with Gasteiger partial charge in [-0.25, -0.2) is 4.79 Å². The van der Waals surface area contributed by atoms with Crippen molar-refractivity contribution in [3.8, 4) is 5.75 Å².